The van der Waals surface area contributed by atoms with Crippen LogP contribution in [0.25, 0.3) is 0 Å². The number of rotatable bonds is 5. The van der Waals surface area contributed by atoms with Crippen LogP contribution >= 0.6 is 12.4 Å². The zero-order valence-electron chi connectivity index (χ0n) is 14.5. The van der Waals surface area contributed by atoms with Gasteiger partial charge in [0.05, 0.1) is 13.0 Å². The molecule has 2 aromatic rings. The number of hydrogen-bond donors (Lipinski definition) is 2. The van der Waals surface area contributed by atoms with Crippen LogP contribution in [0.1, 0.15) is 29.7 Å². The Morgan fingerprint density at radius 1 is 1.12 bits per heavy atom. The lowest BCUT2D eigenvalue weighted by Gasteiger charge is -2.21. The van der Waals surface area contributed by atoms with Crippen molar-refractivity contribution in [2.45, 2.75) is 26.8 Å². The average molecular weight is 349 g/mol. The van der Waals surface area contributed by atoms with E-state index in [0.29, 0.717) is 0 Å². The maximum atomic E-state index is 12.5. The molecule has 1 amide bonds. The molecule has 2 rings (SSSR count). The maximum absolute atomic E-state index is 12.5. The predicted octanol–water partition coefficient (Wildman–Crippen LogP) is 4.01. The minimum atomic E-state index is -0.344. The Labute approximate surface area is 149 Å². The van der Waals surface area contributed by atoms with E-state index in [-0.39, 0.29) is 30.3 Å². The molecule has 2 aromatic carbocycles. The highest BCUT2D eigenvalue weighted by atomic mass is 35.5. The van der Waals surface area contributed by atoms with Crippen molar-refractivity contribution < 1.29 is 9.53 Å². The number of anilines is 1. The summed E-state index contributed by atoms with van der Waals surface area (Å²) in [5, 5.41) is 2.96. The van der Waals surface area contributed by atoms with E-state index < -0.39 is 0 Å². The lowest BCUT2D eigenvalue weighted by atomic mass is 9.94. The summed E-state index contributed by atoms with van der Waals surface area (Å²) in [6.07, 6.45) is 0. The van der Waals surface area contributed by atoms with E-state index in [2.05, 4.69) is 5.32 Å². The third-order valence-electron chi connectivity index (χ3n) is 4.20. The SMILES string of the molecule is COc1c(C)ccc(NC(=O)C(C)C(N)c2ccccc2)c1C.Cl. The van der Waals surface area contributed by atoms with Crippen LogP contribution < -0.4 is 15.8 Å². The first-order chi connectivity index (χ1) is 11.0. The third kappa shape index (κ3) is 4.28. The molecule has 0 radical (unpaired) electrons. The van der Waals surface area contributed by atoms with Gasteiger partial charge in [-0.05, 0) is 31.0 Å². The Hall–Kier alpha value is -2.04. The average Bonchev–Trinajstić information content (AvgIpc) is 2.57. The highest BCUT2D eigenvalue weighted by Crippen LogP contribution is 2.30. The van der Waals surface area contributed by atoms with Crippen molar-refractivity contribution >= 4 is 24.0 Å². The van der Waals surface area contributed by atoms with Gasteiger partial charge in [0, 0.05) is 17.3 Å². The normalized spacial score (nSPS) is 12.7. The van der Waals surface area contributed by atoms with Crippen molar-refractivity contribution in [2.75, 3.05) is 12.4 Å². The molecule has 0 aliphatic rings. The summed E-state index contributed by atoms with van der Waals surface area (Å²) in [6, 6.07) is 13.1. The van der Waals surface area contributed by atoms with Crippen molar-refractivity contribution in [3.63, 3.8) is 0 Å². The molecular weight excluding hydrogens is 324 g/mol. The number of nitrogens with two attached hydrogens (primary N) is 1. The van der Waals surface area contributed by atoms with Gasteiger partial charge in [0.2, 0.25) is 5.91 Å². The van der Waals surface area contributed by atoms with E-state index in [1.54, 1.807) is 7.11 Å². The molecule has 24 heavy (non-hydrogen) atoms. The highest BCUT2D eigenvalue weighted by molar-refractivity contribution is 5.94. The van der Waals surface area contributed by atoms with Gasteiger partial charge in [0.25, 0.3) is 0 Å². The zero-order valence-corrected chi connectivity index (χ0v) is 15.3. The first kappa shape index (κ1) is 20.0. The van der Waals surface area contributed by atoms with Crippen LogP contribution in [0.5, 0.6) is 5.75 Å². The second kappa shape index (κ2) is 8.71. The van der Waals surface area contributed by atoms with Crippen LogP contribution in [-0.4, -0.2) is 13.0 Å². The Balaban J connectivity index is 0.00000288. The number of ether oxygens (including phenoxy) is 1. The molecule has 4 nitrogen and oxygen atoms in total. The first-order valence-electron chi connectivity index (χ1n) is 7.71. The van der Waals surface area contributed by atoms with Crippen molar-refractivity contribution in [2.24, 2.45) is 11.7 Å². The molecule has 0 aliphatic carbocycles. The van der Waals surface area contributed by atoms with Crippen molar-refractivity contribution in [1.82, 2.24) is 0 Å². The van der Waals surface area contributed by atoms with Gasteiger partial charge in [-0.2, -0.15) is 0 Å². The molecule has 0 fully saturated rings. The minimum absolute atomic E-state index is 0. The highest BCUT2D eigenvalue weighted by Gasteiger charge is 2.23. The fourth-order valence-electron chi connectivity index (χ4n) is 2.65. The quantitative estimate of drug-likeness (QED) is 0.858. The third-order valence-corrected chi connectivity index (χ3v) is 4.20. The number of halogens is 1. The number of methoxy groups -OCH3 is 1. The zero-order chi connectivity index (χ0) is 17.0. The van der Waals surface area contributed by atoms with Crippen LogP contribution in [0, 0.1) is 19.8 Å². The van der Waals surface area contributed by atoms with Crippen LogP contribution in [0.3, 0.4) is 0 Å². The summed E-state index contributed by atoms with van der Waals surface area (Å²) in [7, 11) is 1.63. The van der Waals surface area contributed by atoms with E-state index in [0.717, 1.165) is 28.1 Å². The topological polar surface area (TPSA) is 64.3 Å². The Bertz CT molecular complexity index is 689. The lowest BCUT2D eigenvalue weighted by Crippen LogP contribution is -2.30. The largest absolute Gasteiger partial charge is 0.496 e. The number of carbonyl (C=O) groups is 1. The predicted molar refractivity (Wildman–Crippen MR) is 101 cm³/mol. The molecule has 0 aliphatic heterocycles. The molecule has 0 saturated heterocycles. The van der Waals surface area contributed by atoms with Gasteiger partial charge < -0.3 is 15.8 Å². The van der Waals surface area contributed by atoms with Crippen molar-refractivity contribution in [1.29, 1.82) is 0 Å². The van der Waals surface area contributed by atoms with Gasteiger partial charge in [-0.25, -0.2) is 0 Å². The van der Waals surface area contributed by atoms with Crippen molar-refractivity contribution in [3.05, 3.63) is 59.2 Å². The molecular formula is C19H25ClN2O2. The Morgan fingerprint density at radius 2 is 1.75 bits per heavy atom. The molecule has 0 saturated carbocycles. The van der Waals surface area contributed by atoms with Gasteiger partial charge >= 0.3 is 0 Å². The summed E-state index contributed by atoms with van der Waals surface area (Å²) in [5.74, 6) is 0.349. The van der Waals surface area contributed by atoms with E-state index in [1.807, 2.05) is 63.2 Å². The molecule has 0 bridgehead atoms. The number of carbonyl (C=O) groups excluding carboxylic acids is 1. The number of amides is 1. The van der Waals surface area contributed by atoms with Gasteiger partial charge in [-0.3, -0.25) is 4.79 Å². The smallest absolute Gasteiger partial charge is 0.229 e. The van der Waals surface area contributed by atoms with Gasteiger partial charge in [0.1, 0.15) is 5.75 Å². The summed E-state index contributed by atoms with van der Waals surface area (Å²) in [6.45, 7) is 5.75. The van der Waals surface area contributed by atoms with Crippen LogP contribution in [0.15, 0.2) is 42.5 Å². The van der Waals surface area contributed by atoms with Crippen LogP contribution in [0.2, 0.25) is 0 Å². The number of aryl methyl sites for hydroxylation is 1. The maximum Gasteiger partial charge on any atom is 0.229 e. The number of hydrogen-bond acceptors (Lipinski definition) is 3. The standard InChI is InChI=1S/C19H24N2O2.ClH/c1-12-10-11-16(13(2)18(12)23-4)21-19(22)14(3)17(20)15-8-6-5-7-9-15;/h5-11,14,17H,20H2,1-4H3,(H,21,22);1H. The van der Waals surface area contributed by atoms with Gasteiger partial charge in [-0.15, -0.1) is 12.4 Å². The summed E-state index contributed by atoms with van der Waals surface area (Å²) in [5.41, 5.74) is 9.89. The van der Waals surface area contributed by atoms with E-state index in [1.165, 1.54) is 0 Å². The van der Waals surface area contributed by atoms with E-state index >= 15 is 0 Å². The van der Waals surface area contributed by atoms with Gasteiger partial charge in [-0.1, -0.05) is 43.3 Å². The molecule has 5 heteroatoms. The lowest BCUT2D eigenvalue weighted by molar-refractivity contribution is -0.120. The first-order valence-corrected chi connectivity index (χ1v) is 7.71. The molecule has 0 spiro atoms. The number of nitrogens with one attached hydrogen (secondary N) is 1. The fourth-order valence-corrected chi connectivity index (χ4v) is 2.65. The summed E-state index contributed by atoms with van der Waals surface area (Å²) >= 11 is 0. The number of benzene rings is 2. The molecule has 0 heterocycles. The van der Waals surface area contributed by atoms with Crippen LogP contribution in [-0.2, 0) is 4.79 Å². The second-order valence-corrected chi connectivity index (χ2v) is 5.80. The van der Waals surface area contributed by atoms with E-state index in [4.69, 9.17) is 10.5 Å². The summed E-state index contributed by atoms with van der Waals surface area (Å²) < 4.78 is 5.40. The Morgan fingerprint density at radius 3 is 2.33 bits per heavy atom. The fraction of sp³-hybridized carbons (Fsp3) is 0.316. The van der Waals surface area contributed by atoms with Crippen molar-refractivity contribution in [3.8, 4) is 5.75 Å². The molecule has 2 unspecified atom stereocenters. The Kier molecular flexibility index (Phi) is 7.26. The second-order valence-electron chi connectivity index (χ2n) is 5.80. The monoisotopic (exact) mass is 348 g/mol. The van der Waals surface area contributed by atoms with Gasteiger partial charge in [0.15, 0.2) is 0 Å². The minimum Gasteiger partial charge on any atom is -0.496 e. The molecule has 0 aromatic heterocycles. The summed E-state index contributed by atoms with van der Waals surface area (Å²) in [4.78, 5) is 12.5. The molecule has 130 valence electrons. The molecule has 2 atom stereocenters. The molecule has 3 N–H and O–H groups in total. The van der Waals surface area contributed by atoms with Crippen LogP contribution in [0.4, 0.5) is 5.69 Å². The van der Waals surface area contributed by atoms with E-state index in [9.17, 15) is 4.79 Å².